The molecule has 2 rings (SSSR count). The molecule has 2 aromatic carbocycles. The minimum atomic E-state index is -1.14. The molecule has 5 heteroatoms. The van der Waals surface area contributed by atoms with E-state index in [1.54, 1.807) is 0 Å². The number of halogens is 1. The third-order valence-corrected chi connectivity index (χ3v) is 3.29. The van der Waals surface area contributed by atoms with E-state index in [-0.39, 0.29) is 12.0 Å². The van der Waals surface area contributed by atoms with Gasteiger partial charge >= 0.3 is 5.97 Å². The van der Waals surface area contributed by atoms with Crippen molar-refractivity contribution >= 4 is 11.9 Å². The highest BCUT2D eigenvalue weighted by Crippen LogP contribution is 2.09. The maximum atomic E-state index is 13.5. The van der Waals surface area contributed by atoms with Crippen LogP contribution in [-0.2, 0) is 11.2 Å². The Kier molecular flexibility index (Phi) is 5.25. The fourth-order valence-corrected chi connectivity index (χ4v) is 2.09. The maximum absolute atomic E-state index is 13.5. The average molecular weight is 301 g/mol. The van der Waals surface area contributed by atoms with Gasteiger partial charge in [-0.3, -0.25) is 4.79 Å². The van der Waals surface area contributed by atoms with Crippen LogP contribution in [0.1, 0.15) is 22.3 Å². The van der Waals surface area contributed by atoms with Gasteiger partial charge < -0.3 is 10.4 Å². The number of carboxylic acid groups (broad SMARTS) is 1. The third-order valence-electron chi connectivity index (χ3n) is 3.29. The normalized spacial score (nSPS) is 11.7. The van der Waals surface area contributed by atoms with Crippen molar-refractivity contribution < 1.29 is 19.1 Å². The number of rotatable bonds is 6. The molecule has 0 radical (unpaired) electrons. The van der Waals surface area contributed by atoms with Crippen LogP contribution in [0.2, 0.25) is 0 Å². The van der Waals surface area contributed by atoms with E-state index in [0.29, 0.717) is 6.42 Å². The minimum Gasteiger partial charge on any atom is -0.480 e. The molecule has 2 N–H and O–H groups in total. The highest BCUT2D eigenvalue weighted by molar-refractivity contribution is 5.96. The van der Waals surface area contributed by atoms with Crippen LogP contribution in [0.5, 0.6) is 0 Å². The van der Waals surface area contributed by atoms with E-state index >= 15 is 0 Å². The first-order valence-electron chi connectivity index (χ1n) is 6.90. The van der Waals surface area contributed by atoms with E-state index in [9.17, 15) is 19.1 Å². The summed E-state index contributed by atoms with van der Waals surface area (Å²) in [5, 5.41) is 11.6. The summed E-state index contributed by atoms with van der Waals surface area (Å²) in [7, 11) is 0. The Morgan fingerprint density at radius 1 is 1.05 bits per heavy atom. The zero-order valence-corrected chi connectivity index (χ0v) is 11.8. The minimum absolute atomic E-state index is 0.159. The number of carbonyl (C=O) groups excluding carboxylic acids is 1. The molecule has 1 amide bonds. The van der Waals surface area contributed by atoms with Crippen LogP contribution < -0.4 is 5.32 Å². The number of carboxylic acids is 1. The standard InChI is InChI=1S/C17H16FNO3/c18-14-9-5-4-8-13(14)16(20)19-15(17(21)22)11-10-12-6-2-1-3-7-12/h1-9,15H,10-11H2,(H,19,20)(H,21,22)/t15-/m1/s1. The fraction of sp³-hybridized carbons (Fsp3) is 0.176. The molecule has 0 unspecified atom stereocenters. The number of aryl methyl sites for hydroxylation is 1. The predicted molar refractivity (Wildman–Crippen MR) is 80.1 cm³/mol. The topological polar surface area (TPSA) is 66.4 Å². The number of amides is 1. The first-order valence-corrected chi connectivity index (χ1v) is 6.90. The van der Waals surface area contributed by atoms with Crippen LogP contribution in [0.15, 0.2) is 54.6 Å². The summed E-state index contributed by atoms with van der Waals surface area (Å²) < 4.78 is 13.5. The molecular formula is C17H16FNO3. The summed E-state index contributed by atoms with van der Waals surface area (Å²) >= 11 is 0. The van der Waals surface area contributed by atoms with Crippen molar-refractivity contribution in [2.45, 2.75) is 18.9 Å². The van der Waals surface area contributed by atoms with Gasteiger partial charge in [0.25, 0.3) is 5.91 Å². The van der Waals surface area contributed by atoms with Gasteiger partial charge in [0.15, 0.2) is 0 Å². The Hall–Kier alpha value is -2.69. The number of hydrogen-bond donors (Lipinski definition) is 2. The second kappa shape index (κ2) is 7.36. The lowest BCUT2D eigenvalue weighted by Gasteiger charge is -2.15. The lowest BCUT2D eigenvalue weighted by atomic mass is 10.0. The Labute approximate surface area is 127 Å². The zero-order valence-electron chi connectivity index (χ0n) is 11.8. The molecule has 114 valence electrons. The molecule has 0 aliphatic rings. The molecule has 0 saturated carbocycles. The summed E-state index contributed by atoms with van der Waals surface area (Å²) in [4.78, 5) is 23.2. The molecule has 0 saturated heterocycles. The lowest BCUT2D eigenvalue weighted by Crippen LogP contribution is -2.41. The number of benzene rings is 2. The first kappa shape index (κ1) is 15.7. The van der Waals surface area contributed by atoms with Crippen LogP contribution in [0, 0.1) is 5.82 Å². The van der Waals surface area contributed by atoms with Crippen LogP contribution in [-0.4, -0.2) is 23.0 Å². The van der Waals surface area contributed by atoms with Crippen LogP contribution in [0.25, 0.3) is 0 Å². The number of aliphatic carboxylic acids is 1. The summed E-state index contributed by atoms with van der Waals surface area (Å²) in [6, 6.07) is 13.8. The van der Waals surface area contributed by atoms with Gasteiger partial charge in [-0.25, -0.2) is 9.18 Å². The molecule has 0 fully saturated rings. The van der Waals surface area contributed by atoms with E-state index in [1.807, 2.05) is 30.3 Å². The highest BCUT2D eigenvalue weighted by atomic mass is 19.1. The summed E-state index contributed by atoms with van der Waals surface area (Å²) in [5.41, 5.74) is 0.822. The second-order valence-corrected chi connectivity index (χ2v) is 4.87. The van der Waals surface area contributed by atoms with E-state index in [0.717, 1.165) is 11.6 Å². The van der Waals surface area contributed by atoms with Gasteiger partial charge in [0.1, 0.15) is 11.9 Å². The van der Waals surface area contributed by atoms with Crippen molar-refractivity contribution in [1.82, 2.24) is 5.32 Å². The van der Waals surface area contributed by atoms with Gasteiger partial charge in [0, 0.05) is 0 Å². The van der Waals surface area contributed by atoms with Crippen molar-refractivity contribution in [2.75, 3.05) is 0 Å². The molecule has 0 aliphatic heterocycles. The van der Waals surface area contributed by atoms with Gasteiger partial charge in [-0.1, -0.05) is 42.5 Å². The molecule has 0 bridgehead atoms. The molecular weight excluding hydrogens is 285 g/mol. The predicted octanol–water partition coefficient (Wildman–Crippen LogP) is 2.64. The molecule has 2 aromatic rings. The van der Waals surface area contributed by atoms with Crippen LogP contribution in [0.3, 0.4) is 0 Å². The van der Waals surface area contributed by atoms with Gasteiger partial charge in [-0.05, 0) is 30.5 Å². The van der Waals surface area contributed by atoms with Gasteiger partial charge in [-0.15, -0.1) is 0 Å². The summed E-state index contributed by atoms with van der Waals surface area (Å²) in [5.74, 6) is -2.54. The largest absolute Gasteiger partial charge is 0.480 e. The number of hydrogen-bond acceptors (Lipinski definition) is 2. The Morgan fingerprint density at radius 2 is 1.68 bits per heavy atom. The van der Waals surface area contributed by atoms with E-state index in [4.69, 9.17) is 0 Å². The molecule has 1 atom stereocenters. The highest BCUT2D eigenvalue weighted by Gasteiger charge is 2.21. The maximum Gasteiger partial charge on any atom is 0.326 e. The fourth-order valence-electron chi connectivity index (χ4n) is 2.09. The van der Waals surface area contributed by atoms with Crippen molar-refractivity contribution in [1.29, 1.82) is 0 Å². The van der Waals surface area contributed by atoms with Gasteiger partial charge in [0.2, 0.25) is 0 Å². The molecule has 0 aliphatic carbocycles. The smallest absolute Gasteiger partial charge is 0.326 e. The van der Waals surface area contributed by atoms with E-state index in [2.05, 4.69) is 5.32 Å². The lowest BCUT2D eigenvalue weighted by molar-refractivity contribution is -0.139. The molecule has 22 heavy (non-hydrogen) atoms. The average Bonchev–Trinajstić information content (AvgIpc) is 2.52. The van der Waals surface area contributed by atoms with E-state index < -0.39 is 23.7 Å². The Bertz CT molecular complexity index is 658. The molecule has 0 heterocycles. The quantitative estimate of drug-likeness (QED) is 0.862. The zero-order chi connectivity index (χ0) is 15.9. The second-order valence-electron chi connectivity index (χ2n) is 4.87. The van der Waals surface area contributed by atoms with Gasteiger partial charge in [0.05, 0.1) is 5.56 Å². The first-order chi connectivity index (χ1) is 10.6. The number of carbonyl (C=O) groups is 2. The van der Waals surface area contributed by atoms with Crippen LogP contribution in [0.4, 0.5) is 4.39 Å². The van der Waals surface area contributed by atoms with E-state index in [1.165, 1.54) is 18.2 Å². The summed E-state index contributed by atoms with van der Waals surface area (Å²) in [6.45, 7) is 0. The third kappa shape index (κ3) is 4.15. The van der Waals surface area contributed by atoms with Crippen molar-refractivity contribution in [2.24, 2.45) is 0 Å². The molecule has 4 nitrogen and oxygen atoms in total. The van der Waals surface area contributed by atoms with Crippen molar-refractivity contribution in [3.05, 3.63) is 71.5 Å². The Morgan fingerprint density at radius 3 is 2.32 bits per heavy atom. The number of nitrogens with one attached hydrogen (secondary N) is 1. The van der Waals surface area contributed by atoms with Crippen molar-refractivity contribution in [3.8, 4) is 0 Å². The molecule has 0 spiro atoms. The monoisotopic (exact) mass is 301 g/mol. The van der Waals surface area contributed by atoms with Crippen molar-refractivity contribution in [3.63, 3.8) is 0 Å². The Balaban J connectivity index is 2.01. The molecule has 0 aromatic heterocycles. The van der Waals surface area contributed by atoms with Crippen LogP contribution >= 0.6 is 0 Å². The summed E-state index contributed by atoms with van der Waals surface area (Å²) in [6.07, 6.45) is 0.745. The SMILES string of the molecule is O=C(N[C@H](CCc1ccccc1)C(=O)O)c1ccccc1F. The van der Waals surface area contributed by atoms with Gasteiger partial charge in [-0.2, -0.15) is 0 Å².